The summed E-state index contributed by atoms with van der Waals surface area (Å²) in [6, 6.07) is -1.11. The first kappa shape index (κ1) is 9.28. The Bertz CT molecular complexity index is 243. The van der Waals surface area contributed by atoms with Crippen LogP contribution in [0, 0.1) is 0 Å². The van der Waals surface area contributed by atoms with Crippen LogP contribution in [0.1, 0.15) is 13.3 Å². The van der Waals surface area contributed by atoms with Crippen molar-refractivity contribution in [3.63, 3.8) is 0 Å². The summed E-state index contributed by atoms with van der Waals surface area (Å²) in [6.07, 6.45) is 0.238. The molecule has 2 atom stereocenters. The number of carboxylic acid groups (broad SMARTS) is 1. The largest absolute Gasteiger partial charge is 0.480 e. The van der Waals surface area contributed by atoms with E-state index in [9.17, 15) is 4.79 Å². The summed E-state index contributed by atoms with van der Waals surface area (Å²) in [4.78, 5) is 15.3. The quantitative estimate of drug-likeness (QED) is 0.651. The molecule has 0 bridgehead atoms. The number of nitrogens with zero attached hydrogens (tertiary/aromatic N) is 1. The van der Waals surface area contributed by atoms with E-state index in [1.807, 2.05) is 0 Å². The van der Waals surface area contributed by atoms with Gasteiger partial charge in [-0.3, -0.25) is 4.79 Å². The number of carbonyl (C=O) groups is 1. The van der Waals surface area contributed by atoms with Crippen LogP contribution in [0.25, 0.3) is 0 Å². The minimum Gasteiger partial charge on any atom is -0.480 e. The molecule has 0 aliphatic carbocycles. The number of carboxylic acids is 1. The first-order chi connectivity index (χ1) is 5.46. The van der Waals surface area contributed by atoms with Crippen molar-refractivity contribution in [2.45, 2.75) is 25.0 Å². The number of halogens is 1. The molecule has 0 radical (unpaired) electrons. The number of oxime groups is 1. The van der Waals surface area contributed by atoms with Crippen LogP contribution in [0.4, 0.5) is 0 Å². The lowest BCUT2D eigenvalue weighted by molar-refractivity contribution is -0.146. The topological polar surface area (TPSA) is 84.9 Å². The van der Waals surface area contributed by atoms with Gasteiger partial charge in [0.25, 0.3) is 0 Å². The lowest BCUT2D eigenvalue weighted by Crippen LogP contribution is -2.50. The second-order valence-electron chi connectivity index (χ2n) is 2.86. The Balaban J connectivity index is 2.70. The second-order valence-corrected chi connectivity index (χ2v) is 3.30. The van der Waals surface area contributed by atoms with Gasteiger partial charge in [-0.1, -0.05) is 16.8 Å². The highest BCUT2D eigenvalue weighted by Crippen LogP contribution is 2.27. The van der Waals surface area contributed by atoms with Crippen molar-refractivity contribution >= 4 is 22.7 Å². The van der Waals surface area contributed by atoms with Crippen LogP contribution in [0.2, 0.25) is 0 Å². The molecule has 1 unspecified atom stereocenters. The van der Waals surface area contributed by atoms with E-state index in [4.69, 9.17) is 27.3 Å². The Kier molecular flexibility index (Phi) is 2.25. The van der Waals surface area contributed by atoms with Crippen molar-refractivity contribution in [1.82, 2.24) is 0 Å². The van der Waals surface area contributed by atoms with Gasteiger partial charge in [0.1, 0.15) is 11.2 Å². The molecular formula is C6H9ClN2O3. The minimum atomic E-state index is -1.13. The highest BCUT2D eigenvalue weighted by Gasteiger charge is 2.43. The number of nitrogens with two attached hydrogens (primary N) is 1. The average Bonchev–Trinajstić information content (AvgIpc) is 2.31. The maximum Gasteiger partial charge on any atom is 0.324 e. The molecule has 0 aromatic carbocycles. The van der Waals surface area contributed by atoms with Gasteiger partial charge in [0, 0.05) is 6.42 Å². The van der Waals surface area contributed by atoms with Crippen molar-refractivity contribution in [1.29, 1.82) is 0 Å². The molecule has 0 fully saturated rings. The first-order valence-electron chi connectivity index (χ1n) is 3.34. The Hall–Kier alpha value is -0.810. The zero-order chi connectivity index (χ0) is 9.35. The molecule has 3 N–H and O–H groups in total. The third-order valence-electron chi connectivity index (χ3n) is 1.77. The van der Waals surface area contributed by atoms with Crippen molar-refractivity contribution in [2.75, 3.05) is 0 Å². The molecule has 1 aliphatic heterocycles. The van der Waals surface area contributed by atoms with Gasteiger partial charge in [0.05, 0.1) is 0 Å². The fourth-order valence-corrected chi connectivity index (χ4v) is 1.24. The Labute approximate surface area is 74.1 Å². The van der Waals surface area contributed by atoms with Gasteiger partial charge in [0.2, 0.25) is 0 Å². The molecule has 12 heavy (non-hydrogen) atoms. The smallest absolute Gasteiger partial charge is 0.324 e. The Morgan fingerprint density at radius 2 is 2.58 bits per heavy atom. The minimum absolute atomic E-state index is 0.238. The molecule has 1 rings (SSSR count). The Morgan fingerprint density at radius 3 is 2.92 bits per heavy atom. The van der Waals surface area contributed by atoms with Gasteiger partial charge in [-0.25, -0.2) is 0 Å². The standard InChI is InChI=1S/C6H9ClN2O3/c1-6(4(8)5(10)11)2-3(7)9-12-6/h4H,2,8H2,1H3,(H,10,11)/t4-,6?/m1/s1. The number of rotatable bonds is 2. The maximum absolute atomic E-state index is 10.5. The van der Waals surface area contributed by atoms with Gasteiger partial charge in [0.15, 0.2) is 5.60 Å². The third kappa shape index (κ3) is 1.51. The van der Waals surface area contributed by atoms with Gasteiger partial charge >= 0.3 is 5.97 Å². The summed E-state index contributed by atoms with van der Waals surface area (Å²) < 4.78 is 0. The summed E-state index contributed by atoms with van der Waals surface area (Å²) >= 11 is 5.52. The van der Waals surface area contributed by atoms with Crippen LogP contribution in [-0.4, -0.2) is 27.9 Å². The average molecular weight is 193 g/mol. The molecular weight excluding hydrogens is 184 g/mol. The SMILES string of the molecule is CC1([C@H](N)C(=O)O)CC(Cl)=NO1. The highest BCUT2D eigenvalue weighted by atomic mass is 35.5. The van der Waals surface area contributed by atoms with E-state index < -0.39 is 17.6 Å². The predicted octanol–water partition coefficient (Wildman–Crippen LogP) is 0.130. The fourth-order valence-electron chi connectivity index (χ4n) is 0.936. The summed E-state index contributed by atoms with van der Waals surface area (Å²) in [6.45, 7) is 1.56. The van der Waals surface area contributed by atoms with E-state index in [2.05, 4.69) is 5.16 Å². The van der Waals surface area contributed by atoms with E-state index >= 15 is 0 Å². The number of hydrogen-bond acceptors (Lipinski definition) is 4. The van der Waals surface area contributed by atoms with E-state index in [-0.39, 0.29) is 11.6 Å². The molecule has 0 saturated heterocycles. The third-order valence-corrected chi connectivity index (χ3v) is 1.98. The zero-order valence-electron chi connectivity index (χ0n) is 6.45. The summed E-state index contributed by atoms with van der Waals surface area (Å²) in [5.41, 5.74) is 4.35. The van der Waals surface area contributed by atoms with Crippen molar-refractivity contribution in [2.24, 2.45) is 10.9 Å². The monoisotopic (exact) mass is 192 g/mol. The van der Waals surface area contributed by atoms with Crippen molar-refractivity contribution in [3.05, 3.63) is 0 Å². The molecule has 0 aromatic rings. The zero-order valence-corrected chi connectivity index (χ0v) is 7.21. The van der Waals surface area contributed by atoms with E-state index in [1.165, 1.54) is 0 Å². The molecule has 6 heteroatoms. The summed E-state index contributed by atoms with van der Waals surface area (Å²) in [5, 5.41) is 12.3. The van der Waals surface area contributed by atoms with Crippen molar-refractivity contribution in [3.8, 4) is 0 Å². The van der Waals surface area contributed by atoms with Crippen LogP contribution in [0.3, 0.4) is 0 Å². The molecule has 68 valence electrons. The predicted molar refractivity (Wildman–Crippen MR) is 43.0 cm³/mol. The molecule has 0 spiro atoms. The molecule has 5 nitrogen and oxygen atoms in total. The molecule has 1 heterocycles. The molecule has 0 amide bonds. The normalized spacial score (nSPS) is 30.8. The molecule has 0 aromatic heterocycles. The van der Waals surface area contributed by atoms with Crippen LogP contribution in [0.5, 0.6) is 0 Å². The number of hydrogen-bond donors (Lipinski definition) is 2. The molecule has 0 saturated carbocycles. The van der Waals surface area contributed by atoms with Crippen LogP contribution in [0.15, 0.2) is 5.16 Å². The van der Waals surface area contributed by atoms with Gasteiger partial charge in [-0.05, 0) is 6.92 Å². The lowest BCUT2D eigenvalue weighted by Gasteiger charge is -2.24. The maximum atomic E-state index is 10.5. The first-order valence-corrected chi connectivity index (χ1v) is 3.72. The van der Waals surface area contributed by atoms with Gasteiger partial charge in [-0.2, -0.15) is 0 Å². The summed E-state index contributed by atoms with van der Waals surface area (Å²) in [7, 11) is 0. The second kappa shape index (κ2) is 2.91. The van der Waals surface area contributed by atoms with E-state index in [0.717, 1.165) is 0 Å². The van der Waals surface area contributed by atoms with Crippen LogP contribution in [-0.2, 0) is 9.63 Å². The Morgan fingerprint density at radius 1 is 2.00 bits per heavy atom. The summed E-state index contributed by atoms with van der Waals surface area (Å²) in [5.74, 6) is -1.13. The van der Waals surface area contributed by atoms with Crippen molar-refractivity contribution < 1.29 is 14.7 Å². The van der Waals surface area contributed by atoms with Crippen LogP contribution < -0.4 is 5.73 Å². The van der Waals surface area contributed by atoms with Gasteiger partial charge < -0.3 is 15.7 Å². The molecule has 1 aliphatic rings. The highest BCUT2D eigenvalue weighted by molar-refractivity contribution is 6.65. The van der Waals surface area contributed by atoms with E-state index in [1.54, 1.807) is 6.92 Å². The fraction of sp³-hybridized carbons (Fsp3) is 0.667. The van der Waals surface area contributed by atoms with E-state index in [0.29, 0.717) is 0 Å². The lowest BCUT2D eigenvalue weighted by atomic mass is 9.94. The van der Waals surface area contributed by atoms with Gasteiger partial charge in [-0.15, -0.1) is 0 Å². The number of aliphatic carboxylic acids is 1. The van der Waals surface area contributed by atoms with Crippen LogP contribution >= 0.6 is 11.6 Å².